The van der Waals surface area contributed by atoms with Crippen LogP contribution in [0.1, 0.15) is 37.5 Å². The van der Waals surface area contributed by atoms with Crippen molar-refractivity contribution in [3.05, 3.63) is 27.6 Å². The first-order valence-corrected chi connectivity index (χ1v) is 7.49. The van der Waals surface area contributed by atoms with Crippen molar-refractivity contribution in [2.45, 2.75) is 45.6 Å². The third-order valence-corrected chi connectivity index (χ3v) is 4.21. The largest absolute Gasteiger partial charge is 0.287 e. The zero-order valence-corrected chi connectivity index (χ0v) is 12.0. The molecule has 2 aromatic heterocycles. The molecule has 2 rings (SSSR count). The molecule has 4 heteroatoms. The van der Waals surface area contributed by atoms with Crippen LogP contribution in [0.2, 0.25) is 0 Å². The summed E-state index contributed by atoms with van der Waals surface area (Å²) in [6.07, 6.45) is 12.8. The second kappa shape index (κ2) is 6.53. The van der Waals surface area contributed by atoms with Crippen LogP contribution in [0, 0.1) is 12.3 Å². The van der Waals surface area contributed by atoms with Gasteiger partial charge in [0.1, 0.15) is 4.83 Å². The first kappa shape index (κ1) is 13.8. The van der Waals surface area contributed by atoms with Crippen LogP contribution in [0.5, 0.6) is 0 Å². The number of nitrogens with zero attached hydrogens (tertiary/aromatic N) is 2. The van der Waals surface area contributed by atoms with Gasteiger partial charge >= 0.3 is 0 Å². The van der Waals surface area contributed by atoms with Crippen LogP contribution in [0.4, 0.5) is 0 Å². The second-order valence-corrected chi connectivity index (χ2v) is 5.74. The van der Waals surface area contributed by atoms with E-state index in [1.807, 2.05) is 6.07 Å². The summed E-state index contributed by atoms with van der Waals surface area (Å²) in [5, 5.41) is 0.702. The van der Waals surface area contributed by atoms with Crippen LogP contribution in [0.15, 0.2) is 17.2 Å². The van der Waals surface area contributed by atoms with Gasteiger partial charge < -0.3 is 0 Å². The fourth-order valence-corrected chi connectivity index (χ4v) is 3.10. The highest BCUT2D eigenvalue weighted by molar-refractivity contribution is 7.18. The molecule has 0 spiro atoms. The van der Waals surface area contributed by atoms with E-state index in [4.69, 9.17) is 6.42 Å². The molecule has 0 fully saturated rings. The van der Waals surface area contributed by atoms with E-state index in [9.17, 15) is 4.79 Å². The molecule has 0 saturated carbocycles. The normalized spacial score (nSPS) is 10.7. The van der Waals surface area contributed by atoms with E-state index in [2.05, 4.69) is 17.8 Å². The van der Waals surface area contributed by atoms with Crippen molar-refractivity contribution in [1.82, 2.24) is 9.55 Å². The number of unbranched alkanes of at least 4 members (excludes halogenated alkanes) is 3. The minimum absolute atomic E-state index is 0.0287. The number of terminal acetylenes is 1. The summed E-state index contributed by atoms with van der Waals surface area (Å²) in [5.41, 5.74) is -0.0287. The molecule has 0 aliphatic rings. The molecule has 0 aliphatic carbocycles. The van der Waals surface area contributed by atoms with Gasteiger partial charge in [0.2, 0.25) is 0 Å². The standard InChI is InChI=1S/C15H18N2OS/c1-3-5-6-7-8-12-10-13-14(19-12)16-11-17(9-4-2)15(13)18/h2,10-11H,3,5-9H2,1H3. The van der Waals surface area contributed by atoms with E-state index in [1.54, 1.807) is 17.7 Å². The molecule has 2 heterocycles. The van der Waals surface area contributed by atoms with Crippen molar-refractivity contribution >= 4 is 21.6 Å². The number of aromatic nitrogens is 2. The third-order valence-electron chi connectivity index (χ3n) is 3.11. The van der Waals surface area contributed by atoms with Gasteiger partial charge in [-0.1, -0.05) is 32.1 Å². The van der Waals surface area contributed by atoms with E-state index in [0.29, 0.717) is 5.39 Å². The molecule has 0 atom stereocenters. The van der Waals surface area contributed by atoms with Gasteiger partial charge in [-0.15, -0.1) is 17.8 Å². The molecular formula is C15H18N2OS. The predicted molar refractivity (Wildman–Crippen MR) is 80.6 cm³/mol. The van der Waals surface area contributed by atoms with Crippen LogP contribution in [-0.4, -0.2) is 9.55 Å². The van der Waals surface area contributed by atoms with Crippen molar-refractivity contribution in [3.8, 4) is 12.3 Å². The Morgan fingerprint density at radius 2 is 2.26 bits per heavy atom. The fourth-order valence-electron chi connectivity index (χ4n) is 2.07. The first-order valence-electron chi connectivity index (χ1n) is 6.67. The number of hydrogen-bond donors (Lipinski definition) is 0. The lowest BCUT2D eigenvalue weighted by atomic mass is 10.1. The molecule has 0 unspecified atom stereocenters. The molecule has 0 aromatic carbocycles. The average Bonchev–Trinajstić information content (AvgIpc) is 2.82. The minimum Gasteiger partial charge on any atom is -0.287 e. The van der Waals surface area contributed by atoms with Gasteiger partial charge in [0, 0.05) is 4.88 Å². The quantitative estimate of drug-likeness (QED) is 0.599. The Hall–Kier alpha value is -1.60. The van der Waals surface area contributed by atoms with Crippen molar-refractivity contribution in [3.63, 3.8) is 0 Å². The maximum atomic E-state index is 12.1. The Morgan fingerprint density at radius 1 is 1.42 bits per heavy atom. The highest BCUT2D eigenvalue weighted by Gasteiger charge is 2.08. The van der Waals surface area contributed by atoms with E-state index in [1.165, 1.54) is 35.1 Å². The highest BCUT2D eigenvalue weighted by Crippen LogP contribution is 2.22. The van der Waals surface area contributed by atoms with Crippen LogP contribution in [0.25, 0.3) is 10.2 Å². The molecule has 0 N–H and O–H groups in total. The van der Waals surface area contributed by atoms with Gasteiger partial charge in [-0.05, 0) is 18.9 Å². The van der Waals surface area contributed by atoms with Crippen LogP contribution >= 0.6 is 11.3 Å². The Balaban J connectivity index is 2.19. The molecule has 100 valence electrons. The molecule has 3 nitrogen and oxygen atoms in total. The summed E-state index contributed by atoms with van der Waals surface area (Å²) < 4.78 is 1.48. The van der Waals surface area contributed by atoms with Gasteiger partial charge in [-0.25, -0.2) is 4.98 Å². The Kier molecular flexibility index (Phi) is 4.75. The lowest BCUT2D eigenvalue weighted by Gasteiger charge is -1.97. The summed E-state index contributed by atoms with van der Waals surface area (Å²) >= 11 is 1.62. The monoisotopic (exact) mass is 274 g/mol. The molecule has 19 heavy (non-hydrogen) atoms. The molecule has 2 aromatic rings. The topological polar surface area (TPSA) is 34.9 Å². The third kappa shape index (κ3) is 3.24. The fraction of sp³-hybridized carbons (Fsp3) is 0.467. The SMILES string of the molecule is C#CCn1cnc2sc(CCCCCC)cc2c1=O. The molecule has 0 radical (unpaired) electrons. The number of rotatable bonds is 6. The zero-order valence-electron chi connectivity index (χ0n) is 11.2. The van der Waals surface area contributed by atoms with Gasteiger partial charge in [0.25, 0.3) is 5.56 Å². The summed E-state index contributed by atoms with van der Waals surface area (Å²) in [7, 11) is 0. The number of thiophene rings is 1. The maximum absolute atomic E-state index is 12.1. The Labute approximate surface area is 117 Å². The van der Waals surface area contributed by atoms with Crippen LogP contribution < -0.4 is 5.56 Å². The van der Waals surface area contributed by atoms with Gasteiger partial charge in [-0.3, -0.25) is 9.36 Å². The lowest BCUT2D eigenvalue weighted by Crippen LogP contribution is -2.19. The predicted octanol–water partition coefficient (Wildman–Crippen LogP) is 3.21. The molecule has 0 amide bonds. The Bertz CT molecular complexity index is 648. The number of aryl methyl sites for hydroxylation is 1. The average molecular weight is 274 g/mol. The zero-order chi connectivity index (χ0) is 13.7. The molecule has 0 aliphatic heterocycles. The van der Waals surface area contributed by atoms with Gasteiger partial charge in [0.05, 0.1) is 18.3 Å². The molecule has 0 bridgehead atoms. The van der Waals surface area contributed by atoms with E-state index in [-0.39, 0.29) is 12.1 Å². The van der Waals surface area contributed by atoms with Gasteiger partial charge in [-0.2, -0.15) is 0 Å². The maximum Gasteiger partial charge on any atom is 0.262 e. The van der Waals surface area contributed by atoms with Crippen LogP contribution in [-0.2, 0) is 13.0 Å². The molecule has 0 saturated heterocycles. The smallest absolute Gasteiger partial charge is 0.262 e. The second-order valence-electron chi connectivity index (χ2n) is 4.62. The van der Waals surface area contributed by atoms with Crippen LogP contribution in [0.3, 0.4) is 0 Å². The minimum atomic E-state index is -0.0287. The summed E-state index contributed by atoms with van der Waals surface area (Å²) in [6, 6.07) is 1.98. The number of fused-ring (bicyclic) bond motifs is 1. The summed E-state index contributed by atoms with van der Waals surface area (Å²) in [5.74, 6) is 2.47. The highest BCUT2D eigenvalue weighted by atomic mass is 32.1. The van der Waals surface area contributed by atoms with E-state index >= 15 is 0 Å². The van der Waals surface area contributed by atoms with E-state index < -0.39 is 0 Å². The van der Waals surface area contributed by atoms with Crippen molar-refractivity contribution < 1.29 is 0 Å². The van der Waals surface area contributed by atoms with Gasteiger partial charge in [0.15, 0.2) is 0 Å². The van der Waals surface area contributed by atoms with E-state index in [0.717, 1.165) is 11.3 Å². The summed E-state index contributed by atoms with van der Waals surface area (Å²) in [6.45, 7) is 2.49. The number of hydrogen-bond acceptors (Lipinski definition) is 3. The van der Waals surface area contributed by atoms with Crippen molar-refractivity contribution in [2.24, 2.45) is 0 Å². The lowest BCUT2D eigenvalue weighted by molar-refractivity contribution is 0.670. The van der Waals surface area contributed by atoms with Crippen molar-refractivity contribution in [2.75, 3.05) is 0 Å². The first-order chi connectivity index (χ1) is 9.26. The summed E-state index contributed by atoms with van der Waals surface area (Å²) in [4.78, 5) is 18.5. The van der Waals surface area contributed by atoms with Crippen molar-refractivity contribution in [1.29, 1.82) is 0 Å². The molecular weight excluding hydrogens is 256 g/mol. The Morgan fingerprint density at radius 3 is 3.00 bits per heavy atom.